The van der Waals surface area contributed by atoms with Crippen LogP contribution in [0.2, 0.25) is 0 Å². The van der Waals surface area contributed by atoms with E-state index in [1.807, 2.05) is 6.92 Å². The molecule has 0 aromatic rings. The van der Waals surface area contributed by atoms with Gasteiger partial charge in [0, 0.05) is 5.92 Å². The second-order valence-electron chi connectivity index (χ2n) is 4.42. The maximum Gasteiger partial charge on any atom is 0.224 e. The summed E-state index contributed by atoms with van der Waals surface area (Å²) in [6.45, 7) is 5.43. The van der Waals surface area contributed by atoms with Crippen LogP contribution < -0.4 is 11.1 Å². The number of carbonyl (C=O) groups is 1. The van der Waals surface area contributed by atoms with Crippen LogP contribution in [0.15, 0.2) is 5.16 Å². The third-order valence-electron chi connectivity index (χ3n) is 2.63. The Hall–Kier alpha value is -1.26. The highest BCUT2D eigenvalue weighted by Crippen LogP contribution is 2.37. The Balaban J connectivity index is 2.54. The molecular weight excluding hydrogens is 182 g/mol. The summed E-state index contributed by atoms with van der Waals surface area (Å²) < 4.78 is 0. The molecule has 80 valence electrons. The van der Waals surface area contributed by atoms with Crippen LogP contribution in [0.1, 0.15) is 27.2 Å². The molecule has 1 saturated carbocycles. The van der Waals surface area contributed by atoms with Crippen molar-refractivity contribution in [2.45, 2.75) is 32.7 Å². The van der Waals surface area contributed by atoms with E-state index in [0.29, 0.717) is 5.92 Å². The first-order valence-corrected chi connectivity index (χ1v) is 4.68. The van der Waals surface area contributed by atoms with Gasteiger partial charge in [-0.15, -0.1) is 0 Å². The van der Waals surface area contributed by atoms with E-state index in [-0.39, 0.29) is 17.7 Å². The summed E-state index contributed by atoms with van der Waals surface area (Å²) in [6.07, 6.45) is 0.929. The molecule has 1 rings (SSSR count). The first-order chi connectivity index (χ1) is 6.38. The Morgan fingerprint density at radius 1 is 1.64 bits per heavy atom. The van der Waals surface area contributed by atoms with E-state index in [1.165, 1.54) is 0 Å². The van der Waals surface area contributed by atoms with Crippen molar-refractivity contribution in [1.29, 1.82) is 0 Å². The second kappa shape index (κ2) is 3.48. The molecule has 1 aliphatic carbocycles. The summed E-state index contributed by atoms with van der Waals surface area (Å²) in [7, 11) is 0. The summed E-state index contributed by atoms with van der Waals surface area (Å²) in [5.74, 6) is 0.548. The van der Waals surface area contributed by atoms with Gasteiger partial charge in [-0.25, -0.2) is 0 Å². The zero-order valence-corrected chi connectivity index (χ0v) is 8.74. The number of amidine groups is 1. The molecule has 4 N–H and O–H groups in total. The molecule has 0 heterocycles. The average molecular weight is 199 g/mol. The van der Waals surface area contributed by atoms with E-state index in [0.717, 1.165) is 6.42 Å². The van der Waals surface area contributed by atoms with Gasteiger partial charge in [0.2, 0.25) is 5.91 Å². The number of oxime groups is 1. The SMILES string of the molecule is CC1CC1C(=O)NC(C)(C)/C(N)=N/O. The van der Waals surface area contributed by atoms with Gasteiger partial charge < -0.3 is 16.3 Å². The quantitative estimate of drug-likeness (QED) is 0.264. The zero-order valence-electron chi connectivity index (χ0n) is 8.74. The lowest BCUT2D eigenvalue weighted by atomic mass is 10.0. The van der Waals surface area contributed by atoms with Crippen molar-refractivity contribution in [2.24, 2.45) is 22.7 Å². The minimum atomic E-state index is -0.784. The number of nitrogens with zero attached hydrogens (tertiary/aromatic N) is 1. The van der Waals surface area contributed by atoms with E-state index in [2.05, 4.69) is 10.5 Å². The normalized spacial score (nSPS) is 27.2. The highest BCUT2D eigenvalue weighted by Gasteiger charge is 2.41. The molecule has 0 bridgehead atoms. The molecule has 0 spiro atoms. The highest BCUT2D eigenvalue weighted by atomic mass is 16.4. The van der Waals surface area contributed by atoms with Gasteiger partial charge in [-0.2, -0.15) is 0 Å². The number of hydrogen-bond acceptors (Lipinski definition) is 3. The number of nitrogens with one attached hydrogen (secondary N) is 1. The predicted molar refractivity (Wildman–Crippen MR) is 52.9 cm³/mol. The molecule has 0 saturated heterocycles. The van der Waals surface area contributed by atoms with Gasteiger partial charge in [0.25, 0.3) is 0 Å². The van der Waals surface area contributed by atoms with Crippen molar-refractivity contribution in [3.63, 3.8) is 0 Å². The van der Waals surface area contributed by atoms with Crippen molar-refractivity contribution in [1.82, 2.24) is 5.32 Å². The Morgan fingerprint density at radius 3 is 2.50 bits per heavy atom. The molecule has 5 nitrogen and oxygen atoms in total. The van der Waals surface area contributed by atoms with Gasteiger partial charge in [0.1, 0.15) is 0 Å². The molecule has 0 aromatic heterocycles. The molecule has 2 atom stereocenters. The Morgan fingerprint density at radius 2 is 2.14 bits per heavy atom. The van der Waals surface area contributed by atoms with Crippen molar-refractivity contribution in [3.8, 4) is 0 Å². The maximum absolute atomic E-state index is 11.5. The van der Waals surface area contributed by atoms with Crippen molar-refractivity contribution < 1.29 is 10.0 Å². The summed E-state index contributed by atoms with van der Waals surface area (Å²) in [5.41, 5.74) is 4.66. The Bertz CT molecular complexity index is 273. The number of nitrogens with two attached hydrogens (primary N) is 1. The topological polar surface area (TPSA) is 87.7 Å². The Labute approximate surface area is 83.3 Å². The van der Waals surface area contributed by atoms with Crippen LogP contribution in [0.3, 0.4) is 0 Å². The largest absolute Gasteiger partial charge is 0.409 e. The molecule has 0 radical (unpaired) electrons. The van der Waals surface area contributed by atoms with E-state index >= 15 is 0 Å². The van der Waals surface area contributed by atoms with E-state index < -0.39 is 5.54 Å². The van der Waals surface area contributed by atoms with Gasteiger partial charge in [-0.3, -0.25) is 4.79 Å². The summed E-state index contributed by atoms with van der Waals surface area (Å²) >= 11 is 0. The van der Waals surface area contributed by atoms with Gasteiger partial charge in [0.05, 0.1) is 5.54 Å². The molecule has 1 aliphatic rings. The molecule has 1 fully saturated rings. The van der Waals surface area contributed by atoms with Crippen LogP contribution >= 0.6 is 0 Å². The molecule has 14 heavy (non-hydrogen) atoms. The Kier molecular flexibility index (Phi) is 2.69. The van der Waals surface area contributed by atoms with Gasteiger partial charge >= 0.3 is 0 Å². The second-order valence-corrected chi connectivity index (χ2v) is 4.42. The molecule has 0 aromatic carbocycles. The molecule has 0 aliphatic heterocycles. The van der Waals surface area contributed by atoms with Gasteiger partial charge in [-0.05, 0) is 26.2 Å². The fourth-order valence-corrected chi connectivity index (χ4v) is 1.28. The average Bonchev–Trinajstić information content (AvgIpc) is 2.80. The monoisotopic (exact) mass is 199 g/mol. The number of carbonyl (C=O) groups excluding carboxylic acids is 1. The fourth-order valence-electron chi connectivity index (χ4n) is 1.28. The third-order valence-corrected chi connectivity index (χ3v) is 2.63. The van der Waals surface area contributed by atoms with Gasteiger partial charge in [-0.1, -0.05) is 12.1 Å². The zero-order chi connectivity index (χ0) is 10.9. The van der Waals surface area contributed by atoms with Crippen molar-refractivity contribution in [2.75, 3.05) is 0 Å². The van der Waals surface area contributed by atoms with E-state index in [9.17, 15) is 4.79 Å². The summed E-state index contributed by atoms with van der Waals surface area (Å²) in [4.78, 5) is 11.5. The standard InChI is InChI=1S/C9H17N3O2/c1-5-4-6(5)7(13)11-9(2,3)8(10)12-14/h5-6,14H,4H2,1-3H3,(H2,10,12)(H,11,13). The highest BCUT2D eigenvalue weighted by molar-refractivity contribution is 5.94. The van der Waals surface area contributed by atoms with E-state index in [1.54, 1.807) is 13.8 Å². The lowest BCUT2D eigenvalue weighted by molar-refractivity contribution is -0.123. The fraction of sp³-hybridized carbons (Fsp3) is 0.778. The minimum absolute atomic E-state index is 0.0131. The minimum Gasteiger partial charge on any atom is -0.409 e. The van der Waals surface area contributed by atoms with Crippen molar-refractivity contribution >= 4 is 11.7 Å². The molecule has 2 unspecified atom stereocenters. The first-order valence-electron chi connectivity index (χ1n) is 4.68. The van der Waals surface area contributed by atoms with Crippen molar-refractivity contribution in [3.05, 3.63) is 0 Å². The number of hydrogen-bond donors (Lipinski definition) is 3. The lowest BCUT2D eigenvalue weighted by Crippen LogP contribution is -2.53. The van der Waals surface area contributed by atoms with E-state index in [4.69, 9.17) is 10.9 Å². The number of amides is 1. The third kappa shape index (κ3) is 2.16. The smallest absolute Gasteiger partial charge is 0.224 e. The molecule has 1 amide bonds. The van der Waals surface area contributed by atoms with Crippen LogP contribution in [-0.2, 0) is 4.79 Å². The molecular formula is C9H17N3O2. The van der Waals surface area contributed by atoms with Crippen LogP contribution in [0, 0.1) is 11.8 Å². The maximum atomic E-state index is 11.5. The first kappa shape index (κ1) is 10.8. The van der Waals surface area contributed by atoms with Gasteiger partial charge in [0.15, 0.2) is 5.84 Å². The van der Waals surface area contributed by atoms with Crippen LogP contribution in [0.25, 0.3) is 0 Å². The summed E-state index contributed by atoms with van der Waals surface area (Å²) in [5, 5.41) is 14.1. The molecule has 5 heteroatoms. The van der Waals surface area contributed by atoms with Crippen LogP contribution in [0.4, 0.5) is 0 Å². The van der Waals surface area contributed by atoms with Crippen LogP contribution in [-0.4, -0.2) is 22.5 Å². The summed E-state index contributed by atoms with van der Waals surface area (Å²) in [6, 6.07) is 0. The lowest BCUT2D eigenvalue weighted by Gasteiger charge is -2.24. The number of rotatable bonds is 3. The van der Waals surface area contributed by atoms with Crippen LogP contribution in [0.5, 0.6) is 0 Å². The predicted octanol–water partition coefficient (Wildman–Crippen LogP) is 0.284.